The fourth-order valence-corrected chi connectivity index (χ4v) is 2.86. The highest BCUT2D eigenvalue weighted by Gasteiger charge is 2.38. The fourth-order valence-electron chi connectivity index (χ4n) is 2.86. The minimum Gasteiger partial charge on any atom is -0.378 e. The molecule has 2 atom stereocenters. The van der Waals surface area contributed by atoms with Crippen molar-refractivity contribution in [1.82, 2.24) is 4.90 Å². The van der Waals surface area contributed by atoms with Gasteiger partial charge in [0.05, 0.1) is 5.60 Å². The van der Waals surface area contributed by atoms with Crippen LogP contribution in [0.4, 0.5) is 0 Å². The van der Waals surface area contributed by atoms with E-state index in [0.717, 1.165) is 12.8 Å². The Labute approximate surface area is 101 Å². The Morgan fingerprint density at radius 2 is 1.62 bits per heavy atom. The van der Waals surface area contributed by atoms with Gasteiger partial charge in [0, 0.05) is 12.6 Å². The molecule has 1 aliphatic rings. The highest BCUT2D eigenvalue weighted by Crippen LogP contribution is 2.35. The van der Waals surface area contributed by atoms with E-state index in [2.05, 4.69) is 32.6 Å². The lowest BCUT2D eigenvalue weighted by atomic mass is 9.82. The van der Waals surface area contributed by atoms with Crippen LogP contribution >= 0.6 is 0 Å². The molecular formula is C14H29NO. The van der Waals surface area contributed by atoms with Crippen molar-refractivity contribution in [1.29, 1.82) is 0 Å². The second-order valence-corrected chi connectivity index (χ2v) is 5.73. The van der Waals surface area contributed by atoms with Crippen molar-refractivity contribution < 1.29 is 4.74 Å². The van der Waals surface area contributed by atoms with Gasteiger partial charge in [0.15, 0.2) is 0 Å². The summed E-state index contributed by atoms with van der Waals surface area (Å²) in [6, 6.07) is 0. The normalized spacial score (nSPS) is 25.3. The molecule has 1 heterocycles. The molecule has 0 bridgehead atoms. The molecule has 0 amide bonds. The average molecular weight is 227 g/mol. The predicted octanol–water partition coefficient (Wildman–Crippen LogP) is 3.46. The zero-order valence-corrected chi connectivity index (χ0v) is 11.8. The Morgan fingerprint density at radius 3 is 2.00 bits per heavy atom. The third-order valence-electron chi connectivity index (χ3n) is 4.63. The zero-order chi connectivity index (χ0) is 12.2. The van der Waals surface area contributed by atoms with Gasteiger partial charge in [0.25, 0.3) is 0 Å². The summed E-state index contributed by atoms with van der Waals surface area (Å²) < 4.78 is 5.72. The van der Waals surface area contributed by atoms with Crippen LogP contribution in [0.5, 0.6) is 0 Å². The first-order valence-corrected chi connectivity index (χ1v) is 6.80. The number of hydrogen-bond acceptors (Lipinski definition) is 2. The number of likely N-dealkylation sites (tertiary alicyclic amines) is 1. The molecule has 0 aliphatic carbocycles. The lowest BCUT2D eigenvalue weighted by Crippen LogP contribution is -2.49. The summed E-state index contributed by atoms with van der Waals surface area (Å²) in [6.07, 6.45) is 6.18. The van der Waals surface area contributed by atoms with Crippen molar-refractivity contribution in [2.24, 2.45) is 0 Å². The summed E-state index contributed by atoms with van der Waals surface area (Å²) in [7, 11) is 1.85. The Balaban J connectivity index is 2.71. The van der Waals surface area contributed by atoms with E-state index in [1.54, 1.807) is 0 Å². The van der Waals surface area contributed by atoms with Gasteiger partial charge in [-0.1, -0.05) is 13.8 Å². The van der Waals surface area contributed by atoms with E-state index in [9.17, 15) is 0 Å². The molecule has 1 fully saturated rings. The molecule has 1 rings (SSSR count). The number of methoxy groups -OCH3 is 1. The predicted molar refractivity (Wildman–Crippen MR) is 69.8 cm³/mol. The van der Waals surface area contributed by atoms with Crippen LogP contribution in [0.25, 0.3) is 0 Å². The standard InChI is InChI=1S/C14H29NO/c1-6-13(3,15-10-8-9-11-15)12-14(4,7-2)16-5/h6-12H2,1-5H3. The first kappa shape index (κ1) is 14.0. The summed E-state index contributed by atoms with van der Waals surface area (Å²) >= 11 is 0. The van der Waals surface area contributed by atoms with Crippen LogP contribution in [0, 0.1) is 0 Å². The summed E-state index contributed by atoms with van der Waals surface area (Å²) in [6.45, 7) is 11.7. The number of hydrogen-bond donors (Lipinski definition) is 0. The van der Waals surface area contributed by atoms with E-state index in [-0.39, 0.29) is 5.60 Å². The van der Waals surface area contributed by atoms with Crippen LogP contribution in [0.15, 0.2) is 0 Å². The molecule has 16 heavy (non-hydrogen) atoms. The van der Waals surface area contributed by atoms with Crippen molar-refractivity contribution >= 4 is 0 Å². The molecule has 0 aromatic rings. The van der Waals surface area contributed by atoms with Crippen LogP contribution in [-0.2, 0) is 4.74 Å². The largest absolute Gasteiger partial charge is 0.378 e. The highest BCUT2D eigenvalue weighted by molar-refractivity contribution is 4.94. The van der Waals surface area contributed by atoms with Crippen molar-refractivity contribution in [3.63, 3.8) is 0 Å². The van der Waals surface area contributed by atoms with Gasteiger partial charge in [0.1, 0.15) is 0 Å². The third-order valence-corrected chi connectivity index (χ3v) is 4.63. The first-order chi connectivity index (χ1) is 7.49. The molecule has 0 saturated carbocycles. The van der Waals surface area contributed by atoms with Gasteiger partial charge in [-0.25, -0.2) is 0 Å². The van der Waals surface area contributed by atoms with Crippen LogP contribution in [-0.4, -0.2) is 36.2 Å². The Hall–Kier alpha value is -0.0800. The zero-order valence-electron chi connectivity index (χ0n) is 11.8. The van der Waals surface area contributed by atoms with Crippen molar-refractivity contribution in [3.05, 3.63) is 0 Å². The van der Waals surface area contributed by atoms with E-state index in [0.29, 0.717) is 5.54 Å². The van der Waals surface area contributed by atoms with Crippen molar-refractivity contribution in [2.75, 3.05) is 20.2 Å². The third kappa shape index (κ3) is 2.98. The van der Waals surface area contributed by atoms with Crippen LogP contribution in [0.2, 0.25) is 0 Å². The maximum Gasteiger partial charge on any atom is 0.0665 e. The Kier molecular flexibility index (Phi) is 4.81. The molecule has 1 aliphatic heterocycles. The van der Waals surface area contributed by atoms with E-state index in [1.807, 2.05) is 7.11 Å². The lowest BCUT2D eigenvalue weighted by molar-refractivity contribution is -0.0479. The molecule has 0 aromatic carbocycles. The molecule has 0 N–H and O–H groups in total. The summed E-state index contributed by atoms with van der Waals surface area (Å²) in [4.78, 5) is 2.67. The molecule has 0 spiro atoms. The van der Waals surface area contributed by atoms with Gasteiger partial charge in [0.2, 0.25) is 0 Å². The maximum absolute atomic E-state index is 5.72. The van der Waals surface area contributed by atoms with Crippen LogP contribution < -0.4 is 0 Å². The second-order valence-electron chi connectivity index (χ2n) is 5.73. The van der Waals surface area contributed by atoms with Crippen molar-refractivity contribution in [2.45, 2.75) is 70.9 Å². The molecule has 0 aromatic heterocycles. The Morgan fingerprint density at radius 1 is 1.06 bits per heavy atom. The monoisotopic (exact) mass is 227 g/mol. The van der Waals surface area contributed by atoms with Gasteiger partial charge in [-0.05, 0) is 59.0 Å². The van der Waals surface area contributed by atoms with E-state index in [1.165, 1.54) is 32.4 Å². The van der Waals surface area contributed by atoms with Gasteiger partial charge < -0.3 is 4.74 Å². The molecule has 1 saturated heterocycles. The molecular weight excluding hydrogens is 198 g/mol. The quantitative estimate of drug-likeness (QED) is 0.689. The maximum atomic E-state index is 5.72. The minimum atomic E-state index is 0.0351. The molecule has 96 valence electrons. The smallest absolute Gasteiger partial charge is 0.0665 e. The summed E-state index contributed by atoms with van der Waals surface area (Å²) in [5.74, 6) is 0. The van der Waals surface area contributed by atoms with Gasteiger partial charge in [-0.15, -0.1) is 0 Å². The van der Waals surface area contributed by atoms with Gasteiger partial charge in [-0.3, -0.25) is 4.90 Å². The average Bonchev–Trinajstić information content (AvgIpc) is 2.83. The van der Waals surface area contributed by atoms with Gasteiger partial charge in [-0.2, -0.15) is 0 Å². The fraction of sp³-hybridized carbons (Fsp3) is 1.00. The lowest BCUT2D eigenvalue weighted by Gasteiger charge is -2.44. The van der Waals surface area contributed by atoms with Crippen LogP contribution in [0.1, 0.15) is 59.8 Å². The number of ether oxygens (including phenoxy) is 1. The number of nitrogens with zero attached hydrogens (tertiary/aromatic N) is 1. The summed E-state index contributed by atoms with van der Waals surface area (Å²) in [5, 5.41) is 0. The second kappa shape index (κ2) is 5.50. The Bertz CT molecular complexity index is 207. The van der Waals surface area contributed by atoms with Crippen LogP contribution in [0.3, 0.4) is 0 Å². The van der Waals surface area contributed by atoms with Crippen molar-refractivity contribution in [3.8, 4) is 0 Å². The number of rotatable bonds is 6. The molecule has 0 radical (unpaired) electrons. The van der Waals surface area contributed by atoms with E-state index >= 15 is 0 Å². The highest BCUT2D eigenvalue weighted by atomic mass is 16.5. The molecule has 2 nitrogen and oxygen atoms in total. The summed E-state index contributed by atoms with van der Waals surface area (Å²) in [5.41, 5.74) is 0.352. The van der Waals surface area contributed by atoms with Gasteiger partial charge >= 0.3 is 0 Å². The minimum absolute atomic E-state index is 0.0351. The molecule has 2 unspecified atom stereocenters. The van der Waals surface area contributed by atoms with E-state index < -0.39 is 0 Å². The first-order valence-electron chi connectivity index (χ1n) is 6.80. The molecule has 2 heteroatoms. The van der Waals surface area contributed by atoms with E-state index in [4.69, 9.17) is 4.74 Å². The topological polar surface area (TPSA) is 12.5 Å². The SMILES string of the molecule is CCC(C)(CC(C)(CC)N1CCCC1)OC.